The summed E-state index contributed by atoms with van der Waals surface area (Å²) in [5, 5.41) is 18.7. The average Bonchev–Trinajstić information content (AvgIpc) is 2.18. The molecule has 2 nitrogen and oxygen atoms in total. The fourth-order valence-corrected chi connectivity index (χ4v) is 1.28. The van der Waals surface area contributed by atoms with E-state index in [0.29, 0.717) is 0 Å². The van der Waals surface area contributed by atoms with Gasteiger partial charge in [0, 0.05) is 0 Å². The molecule has 0 bridgehead atoms. The fraction of sp³-hybridized carbons (Fsp3) is 0.333. The third kappa shape index (κ3) is 2.98. The lowest BCUT2D eigenvalue weighted by molar-refractivity contribution is 0.0553. The Kier molecular flexibility index (Phi) is 3.86. The van der Waals surface area contributed by atoms with E-state index >= 15 is 0 Å². The second kappa shape index (κ2) is 4.94. The maximum Gasteiger partial charge on any atom is 0.101 e. The Balaban J connectivity index is 2.79. The zero-order chi connectivity index (χ0) is 10.6. The van der Waals surface area contributed by atoms with E-state index in [9.17, 15) is 10.2 Å². The van der Waals surface area contributed by atoms with Crippen molar-refractivity contribution in [3.05, 3.63) is 41.5 Å². The van der Waals surface area contributed by atoms with Gasteiger partial charge in [0.1, 0.15) is 6.10 Å². The first kappa shape index (κ1) is 11.0. The zero-order valence-corrected chi connectivity index (χ0v) is 8.51. The van der Waals surface area contributed by atoms with Crippen molar-refractivity contribution < 1.29 is 10.2 Å². The third-order valence-electron chi connectivity index (χ3n) is 2.12. The van der Waals surface area contributed by atoms with Gasteiger partial charge in [0.2, 0.25) is 0 Å². The molecule has 1 aromatic rings. The van der Waals surface area contributed by atoms with Crippen molar-refractivity contribution in [2.75, 3.05) is 0 Å². The fourth-order valence-electron chi connectivity index (χ4n) is 1.28. The normalized spacial score (nSPS) is 16.4. The van der Waals surface area contributed by atoms with Crippen molar-refractivity contribution in [2.45, 2.75) is 26.1 Å². The molecule has 14 heavy (non-hydrogen) atoms. The molecule has 0 aromatic heterocycles. The Morgan fingerprint density at radius 3 is 2.29 bits per heavy atom. The van der Waals surface area contributed by atoms with Crippen LogP contribution in [0, 0.1) is 0 Å². The summed E-state index contributed by atoms with van der Waals surface area (Å²) in [6.45, 7) is 3.39. The smallest absolute Gasteiger partial charge is 0.101 e. The predicted octanol–water partition coefficient (Wildman–Crippen LogP) is 1.83. The largest absolute Gasteiger partial charge is 0.390 e. The van der Waals surface area contributed by atoms with Crippen LogP contribution in [-0.4, -0.2) is 22.4 Å². The second-order valence-corrected chi connectivity index (χ2v) is 3.48. The van der Waals surface area contributed by atoms with Crippen LogP contribution in [0.4, 0.5) is 0 Å². The molecule has 2 atom stereocenters. The van der Waals surface area contributed by atoms with Crippen molar-refractivity contribution in [3.8, 4) is 0 Å². The molecule has 0 saturated heterocycles. The molecule has 2 N–H and O–H groups in total. The van der Waals surface area contributed by atoms with E-state index in [-0.39, 0.29) is 0 Å². The third-order valence-corrected chi connectivity index (χ3v) is 2.12. The lowest BCUT2D eigenvalue weighted by atomic mass is 10.0. The first-order valence-corrected chi connectivity index (χ1v) is 4.70. The van der Waals surface area contributed by atoms with Crippen LogP contribution in [0.2, 0.25) is 0 Å². The number of hydrogen-bond acceptors (Lipinski definition) is 2. The Labute approximate surface area is 84.5 Å². The maximum atomic E-state index is 9.54. The van der Waals surface area contributed by atoms with Crippen molar-refractivity contribution >= 4 is 6.08 Å². The SMILES string of the molecule is C/C(=C\c1ccccc1)[C@@H](O)[C@@H](C)O. The van der Waals surface area contributed by atoms with Crippen molar-refractivity contribution in [3.63, 3.8) is 0 Å². The minimum absolute atomic E-state index is 0.727. The van der Waals surface area contributed by atoms with E-state index in [1.807, 2.05) is 43.3 Å². The van der Waals surface area contributed by atoms with Crippen LogP contribution in [0.15, 0.2) is 35.9 Å². The number of aliphatic hydroxyl groups is 2. The molecule has 1 aromatic carbocycles. The minimum atomic E-state index is -0.782. The molecule has 0 amide bonds. The summed E-state index contributed by atoms with van der Waals surface area (Å²) in [6, 6.07) is 9.73. The molecule has 0 heterocycles. The van der Waals surface area contributed by atoms with Crippen LogP contribution in [0.5, 0.6) is 0 Å². The van der Waals surface area contributed by atoms with E-state index in [1.54, 1.807) is 6.92 Å². The molecule has 0 spiro atoms. The molecule has 0 fully saturated rings. The molecule has 0 radical (unpaired) electrons. The van der Waals surface area contributed by atoms with Crippen molar-refractivity contribution in [2.24, 2.45) is 0 Å². The summed E-state index contributed by atoms with van der Waals surface area (Å²) in [4.78, 5) is 0. The van der Waals surface area contributed by atoms with E-state index < -0.39 is 12.2 Å². The highest BCUT2D eigenvalue weighted by Crippen LogP contribution is 2.11. The van der Waals surface area contributed by atoms with E-state index in [1.165, 1.54) is 0 Å². The van der Waals surface area contributed by atoms with E-state index in [0.717, 1.165) is 11.1 Å². The molecule has 2 heteroatoms. The van der Waals surface area contributed by atoms with Crippen LogP contribution < -0.4 is 0 Å². The molecular formula is C12H16O2. The molecule has 0 unspecified atom stereocenters. The molecular weight excluding hydrogens is 176 g/mol. The van der Waals surface area contributed by atoms with Gasteiger partial charge >= 0.3 is 0 Å². The summed E-state index contributed by atoms with van der Waals surface area (Å²) in [5.41, 5.74) is 1.80. The molecule has 0 aliphatic carbocycles. The van der Waals surface area contributed by atoms with Gasteiger partial charge in [0.15, 0.2) is 0 Å². The average molecular weight is 192 g/mol. The summed E-state index contributed by atoms with van der Waals surface area (Å²) < 4.78 is 0. The minimum Gasteiger partial charge on any atom is -0.390 e. The summed E-state index contributed by atoms with van der Waals surface area (Å²) in [5.74, 6) is 0. The van der Waals surface area contributed by atoms with Gasteiger partial charge in [0.25, 0.3) is 0 Å². The molecule has 0 saturated carbocycles. The van der Waals surface area contributed by atoms with Gasteiger partial charge in [0.05, 0.1) is 6.10 Å². The molecule has 76 valence electrons. The topological polar surface area (TPSA) is 40.5 Å². The Hall–Kier alpha value is -1.12. The Bertz CT molecular complexity index is 301. The van der Waals surface area contributed by atoms with Crippen LogP contribution in [0.25, 0.3) is 6.08 Å². The molecule has 0 aliphatic rings. The predicted molar refractivity (Wildman–Crippen MR) is 57.8 cm³/mol. The van der Waals surface area contributed by atoms with Crippen LogP contribution in [0.1, 0.15) is 19.4 Å². The highest BCUT2D eigenvalue weighted by molar-refractivity contribution is 5.53. The highest BCUT2D eigenvalue weighted by Gasteiger charge is 2.12. The van der Waals surface area contributed by atoms with Crippen LogP contribution >= 0.6 is 0 Å². The van der Waals surface area contributed by atoms with Gasteiger partial charge in [-0.1, -0.05) is 36.4 Å². The standard InChI is InChI=1S/C12H16O2/c1-9(12(14)10(2)13)8-11-6-4-3-5-7-11/h3-8,10,12-14H,1-2H3/b9-8+/t10-,12-/m1/s1. The molecule has 0 aliphatic heterocycles. The Morgan fingerprint density at radius 1 is 1.21 bits per heavy atom. The first-order chi connectivity index (χ1) is 6.61. The number of hydrogen-bond donors (Lipinski definition) is 2. The van der Waals surface area contributed by atoms with Gasteiger partial charge in [-0.3, -0.25) is 0 Å². The van der Waals surface area contributed by atoms with Gasteiger partial charge in [-0.05, 0) is 25.0 Å². The monoisotopic (exact) mass is 192 g/mol. The second-order valence-electron chi connectivity index (χ2n) is 3.48. The lowest BCUT2D eigenvalue weighted by Gasteiger charge is -2.14. The zero-order valence-electron chi connectivity index (χ0n) is 8.51. The first-order valence-electron chi connectivity index (χ1n) is 4.70. The van der Waals surface area contributed by atoms with Crippen LogP contribution in [-0.2, 0) is 0 Å². The lowest BCUT2D eigenvalue weighted by Crippen LogP contribution is -2.23. The van der Waals surface area contributed by atoms with Gasteiger partial charge in [-0.25, -0.2) is 0 Å². The Morgan fingerprint density at radius 2 is 1.79 bits per heavy atom. The summed E-state index contributed by atoms with van der Waals surface area (Å²) >= 11 is 0. The quantitative estimate of drug-likeness (QED) is 0.767. The summed E-state index contributed by atoms with van der Waals surface area (Å²) in [6.07, 6.45) is 0.363. The number of benzene rings is 1. The number of aliphatic hydroxyl groups excluding tert-OH is 2. The van der Waals surface area contributed by atoms with E-state index in [4.69, 9.17) is 0 Å². The van der Waals surface area contributed by atoms with E-state index in [2.05, 4.69) is 0 Å². The highest BCUT2D eigenvalue weighted by atomic mass is 16.3. The van der Waals surface area contributed by atoms with Gasteiger partial charge in [-0.15, -0.1) is 0 Å². The van der Waals surface area contributed by atoms with Crippen molar-refractivity contribution in [1.82, 2.24) is 0 Å². The maximum absolute atomic E-state index is 9.54. The van der Waals surface area contributed by atoms with Crippen molar-refractivity contribution in [1.29, 1.82) is 0 Å². The summed E-state index contributed by atoms with van der Waals surface area (Å²) in [7, 11) is 0. The molecule has 1 rings (SSSR count). The number of rotatable bonds is 3. The van der Waals surface area contributed by atoms with Gasteiger partial charge in [-0.2, -0.15) is 0 Å². The van der Waals surface area contributed by atoms with Crippen LogP contribution in [0.3, 0.4) is 0 Å². The van der Waals surface area contributed by atoms with Gasteiger partial charge < -0.3 is 10.2 Å².